The molecule has 22 heavy (non-hydrogen) atoms. The third-order valence-electron chi connectivity index (χ3n) is 3.13. The van der Waals surface area contributed by atoms with Gasteiger partial charge in [-0.15, -0.1) is 0 Å². The summed E-state index contributed by atoms with van der Waals surface area (Å²) >= 11 is 11.5. The van der Waals surface area contributed by atoms with Crippen LogP contribution < -0.4 is 0 Å². The average molecular weight is 356 g/mol. The van der Waals surface area contributed by atoms with Crippen LogP contribution in [0.2, 0.25) is 10.0 Å². The zero-order chi connectivity index (χ0) is 16.7. The first-order valence-corrected chi connectivity index (χ1v) is 6.95. The van der Waals surface area contributed by atoms with E-state index in [9.17, 15) is 27.9 Å². The first kappa shape index (κ1) is 16.9. The van der Waals surface area contributed by atoms with Crippen molar-refractivity contribution >= 4 is 35.1 Å². The van der Waals surface area contributed by atoms with Gasteiger partial charge in [-0.1, -0.05) is 23.2 Å². The zero-order valence-electron chi connectivity index (χ0n) is 10.9. The Morgan fingerprint density at radius 3 is 2.05 bits per heavy atom. The van der Waals surface area contributed by atoms with E-state index in [1.807, 2.05) is 0 Å². The highest BCUT2D eigenvalue weighted by molar-refractivity contribution is 6.34. The number of hydrogen-bond donors (Lipinski definition) is 1. The summed E-state index contributed by atoms with van der Waals surface area (Å²) in [5, 5.41) is 9.47. The summed E-state index contributed by atoms with van der Waals surface area (Å²) in [5.74, 6) is -3.76. The van der Waals surface area contributed by atoms with Crippen molar-refractivity contribution in [2.24, 2.45) is 0 Å². The Labute approximate surface area is 133 Å². The van der Waals surface area contributed by atoms with Gasteiger partial charge < -0.3 is 10.0 Å². The molecule has 0 radical (unpaired) electrons. The van der Waals surface area contributed by atoms with E-state index in [0.717, 1.165) is 0 Å². The van der Waals surface area contributed by atoms with Gasteiger partial charge in [-0.2, -0.15) is 13.2 Å². The Hall–Kier alpha value is -1.47. The number of alkyl halides is 3. The second-order valence-electron chi connectivity index (χ2n) is 4.88. The summed E-state index contributed by atoms with van der Waals surface area (Å²) in [5.41, 5.74) is -0.0745. The number of halogens is 5. The van der Waals surface area contributed by atoms with E-state index in [4.69, 9.17) is 23.2 Å². The standard InChI is InChI=1S/C13H10Cl2F3NO3/c14-7-3-6(4-8(15)5-7)10(11(20)21)19(9-1-2-9)12(22)13(16,17)18/h3-5,9-10H,1-2H2,(H,20,21). The largest absolute Gasteiger partial charge is 0.479 e. The van der Waals surface area contributed by atoms with Crippen LogP contribution in [0.1, 0.15) is 24.4 Å². The topological polar surface area (TPSA) is 57.6 Å². The number of benzene rings is 1. The molecule has 0 aromatic heterocycles. The number of rotatable bonds is 4. The van der Waals surface area contributed by atoms with Crippen molar-refractivity contribution in [3.8, 4) is 0 Å². The van der Waals surface area contributed by atoms with Gasteiger partial charge in [0.25, 0.3) is 0 Å². The second kappa shape index (κ2) is 5.96. The van der Waals surface area contributed by atoms with Gasteiger partial charge in [0.15, 0.2) is 6.04 Å². The van der Waals surface area contributed by atoms with Crippen LogP contribution in [0.3, 0.4) is 0 Å². The summed E-state index contributed by atoms with van der Waals surface area (Å²) in [6, 6.07) is 1.14. The van der Waals surface area contributed by atoms with E-state index in [1.165, 1.54) is 18.2 Å². The van der Waals surface area contributed by atoms with Crippen molar-refractivity contribution in [2.45, 2.75) is 31.1 Å². The molecule has 9 heteroatoms. The highest BCUT2D eigenvalue weighted by Crippen LogP contribution is 2.39. The van der Waals surface area contributed by atoms with Crippen LogP contribution in [0.15, 0.2) is 18.2 Å². The third kappa shape index (κ3) is 3.64. The van der Waals surface area contributed by atoms with Crippen LogP contribution in [-0.4, -0.2) is 34.1 Å². The number of carboxylic acids is 1. The van der Waals surface area contributed by atoms with Gasteiger partial charge in [-0.3, -0.25) is 4.79 Å². The molecular formula is C13H10Cl2F3NO3. The molecule has 1 aliphatic carbocycles. The molecule has 120 valence electrons. The number of carboxylic acid groups (broad SMARTS) is 1. The van der Waals surface area contributed by atoms with Crippen molar-refractivity contribution in [1.82, 2.24) is 4.90 Å². The zero-order valence-corrected chi connectivity index (χ0v) is 12.4. The molecule has 1 atom stereocenters. The minimum atomic E-state index is -5.15. The van der Waals surface area contributed by atoms with Gasteiger partial charge in [0, 0.05) is 16.1 Å². The molecule has 0 bridgehead atoms. The van der Waals surface area contributed by atoms with Crippen molar-refractivity contribution < 1.29 is 27.9 Å². The fraction of sp³-hybridized carbons (Fsp3) is 0.385. The Bertz CT molecular complexity index is 597. The monoisotopic (exact) mass is 355 g/mol. The van der Waals surface area contributed by atoms with Crippen molar-refractivity contribution in [3.05, 3.63) is 33.8 Å². The highest BCUT2D eigenvalue weighted by Gasteiger charge is 2.51. The summed E-state index contributed by atoms with van der Waals surface area (Å²) in [6.45, 7) is 0. The maximum atomic E-state index is 12.7. The van der Waals surface area contributed by atoms with Gasteiger partial charge in [0.05, 0.1) is 0 Å². The molecule has 0 aliphatic heterocycles. The maximum absolute atomic E-state index is 12.7. The van der Waals surface area contributed by atoms with Gasteiger partial charge in [0.2, 0.25) is 0 Å². The smallest absolute Gasteiger partial charge is 0.471 e. The first-order valence-electron chi connectivity index (χ1n) is 6.19. The number of amides is 1. The number of carbonyl (C=O) groups is 2. The number of hydrogen-bond acceptors (Lipinski definition) is 2. The number of nitrogens with zero attached hydrogens (tertiary/aromatic N) is 1. The summed E-state index contributed by atoms with van der Waals surface area (Å²) in [6.07, 6.45) is -4.52. The van der Waals surface area contributed by atoms with Crippen molar-refractivity contribution in [1.29, 1.82) is 0 Å². The number of carbonyl (C=O) groups excluding carboxylic acids is 1. The molecule has 1 fully saturated rings. The summed E-state index contributed by atoms with van der Waals surface area (Å²) in [4.78, 5) is 23.4. The predicted molar refractivity (Wildman–Crippen MR) is 72.8 cm³/mol. The van der Waals surface area contributed by atoms with E-state index in [2.05, 4.69) is 0 Å². The average Bonchev–Trinajstić information content (AvgIpc) is 3.15. The van der Waals surface area contributed by atoms with Crippen LogP contribution in [0.25, 0.3) is 0 Å². The Morgan fingerprint density at radius 2 is 1.68 bits per heavy atom. The molecule has 1 aromatic carbocycles. The molecule has 1 N–H and O–H groups in total. The second-order valence-corrected chi connectivity index (χ2v) is 5.76. The quantitative estimate of drug-likeness (QED) is 0.896. The lowest BCUT2D eigenvalue weighted by atomic mass is 10.0. The molecule has 0 heterocycles. The fourth-order valence-corrected chi connectivity index (χ4v) is 2.69. The molecule has 2 rings (SSSR count). The third-order valence-corrected chi connectivity index (χ3v) is 3.57. The summed E-state index contributed by atoms with van der Waals surface area (Å²) in [7, 11) is 0. The Balaban J connectivity index is 2.48. The molecule has 0 spiro atoms. The molecule has 1 aromatic rings. The minimum absolute atomic E-state index is 0.0731. The van der Waals surface area contributed by atoms with E-state index in [-0.39, 0.29) is 15.6 Å². The van der Waals surface area contributed by atoms with Crippen LogP contribution in [0, 0.1) is 0 Å². The molecule has 1 amide bonds. The lowest BCUT2D eigenvalue weighted by molar-refractivity contribution is -0.190. The first-order chi connectivity index (χ1) is 10.1. The lowest BCUT2D eigenvalue weighted by Gasteiger charge is -2.30. The molecule has 0 saturated heterocycles. The van der Waals surface area contributed by atoms with Crippen LogP contribution in [0.4, 0.5) is 13.2 Å². The molecule has 1 aliphatic rings. The molecule has 1 saturated carbocycles. The normalized spacial score (nSPS) is 16.2. The van der Waals surface area contributed by atoms with Crippen LogP contribution in [-0.2, 0) is 9.59 Å². The molecular weight excluding hydrogens is 346 g/mol. The molecule has 1 unspecified atom stereocenters. The van der Waals surface area contributed by atoms with Gasteiger partial charge in [-0.25, -0.2) is 4.79 Å². The van der Waals surface area contributed by atoms with Crippen LogP contribution in [0.5, 0.6) is 0 Å². The highest BCUT2D eigenvalue weighted by atomic mass is 35.5. The van der Waals surface area contributed by atoms with Crippen molar-refractivity contribution in [3.63, 3.8) is 0 Å². The fourth-order valence-electron chi connectivity index (χ4n) is 2.15. The van der Waals surface area contributed by atoms with Crippen LogP contribution >= 0.6 is 23.2 Å². The maximum Gasteiger partial charge on any atom is 0.471 e. The van der Waals surface area contributed by atoms with E-state index in [0.29, 0.717) is 17.7 Å². The SMILES string of the molecule is O=C(O)C(c1cc(Cl)cc(Cl)c1)N(C(=O)C(F)(F)F)C1CC1. The predicted octanol–water partition coefficient (Wildman–Crippen LogP) is 3.67. The molecule has 4 nitrogen and oxygen atoms in total. The summed E-state index contributed by atoms with van der Waals surface area (Å²) < 4.78 is 38.2. The van der Waals surface area contributed by atoms with E-state index in [1.54, 1.807) is 0 Å². The Kier molecular flexibility index (Phi) is 4.58. The minimum Gasteiger partial charge on any atom is -0.479 e. The lowest BCUT2D eigenvalue weighted by Crippen LogP contribution is -2.47. The van der Waals surface area contributed by atoms with Crippen molar-refractivity contribution in [2.75, 3.05) is 0 Å². The van der Waals surface area contributed by atoms with E-state index < -0.39 is 30.1 Å². The Morgan fingerprint density at radius 1 is 1.18 bits per heavy atom. The van der Waals surface area contributed by atoms with E-state index >= 15 is 0 Å². The number of aliphatic carboxylic acids is 1. The van der Waals surface area contributed by atoms with Gasteiger partial charge in [-0.05, 0) is 36.6 Å². The van der Waals surface area contributed by atoms with Gasteiger partial charge in [0.1, 0.15) is 0 Å². The van der Waals surface area contributed by atoms with Gasteiger partial charge >= 0.3 is 18.1 Å².